The molecular formula is C14H15N3O5S. The van der Waals surface area contributed by atoms with Crippen LogP contribution in [0.25, 0.3) is 0 Å². The summed E-state index contributed by atoms with van der Waals surface area (Å²) in [7, 11) is -3.65. The average Bonchev–Trinajstić information content (AvgIpc) is 3.09. The molecule has 1 atom stereocenters. The van der Waals surface area contributed by atoms with Gasteiger partial charge >= 0.3 is 5.97 Å². The minimum absolute atomic E-state index is 0.111. The van der Waals surface area contributed by atoms with Crippen LogP contribution in [0.15, 0.2) is 34.2 Å². The lowest BCUT2D eigenvalue weighted by Crippen LogP contribution is -2.41. The number of aliphatic imine (C=N–C) groups is 1. The highest BCUT2D eigenvalue weighted by Gasteiger charge is 2.34. The van der Waals surface area contributed by atoms with Crippen LogP contribution in [0.3, 0.4) is 0 Å². The number of nitrogens with one attached hydrogen (secondary N) is 1. The van der Waals surface area contributed by atoms with E-state index in [0.29, 0.717) is 24.9 Å². The lowest BCUT2D eigenvalue weighted by Gasteiger charge is -2.20. The summed E-state index contributed by atoms with van der Waals surface area (Å²) in [6.07, 6.45) is 1.06. The van der Waals surface area contributed by atoms with Gasteiger partial charge in [-0.2, -0.15) is 0 Å². The van der Waals surface area contributed by atoms with E-state index in [1.807, 2.05) is 0 Å². The van der Waals surface area contributed by atoms with Gasteiger partial charge < -0.3 is 10.0 Å². The number of amidine groups is 1. The Labute approximate surface area is 132 Å². The number of likely N-dealkylation sites (tertiary alicyclic amines) is 1. The van der Waals surface area contributed by atoms with E-state index in [2.05, 4.69) is 9.71 Å². The van der Waals surface area contributed by atoms with E-state index >= 15 is 0 Å². The molecule has 0 aromatic heterocycles. The SMILES string of the molecule is O=C(O)[C@H]1CCCN1C(=O)CN=C1NS(=O)(=O)c2ccccc21. The molecule has 122 valence electrons. The second-order valence-corrected chi connectivity index (χ2v) is 7.00. The normalized spacial score (nSPS) is 23.6. The van der Waals surface area contributed by atoms with E-state index < -0.39 is 27.9 Å². The molecule has 1 saturated heterocycles. The Kier molecular flexibility index (Phi) is 3.80. The molecule has 0 saturated carbocycles. The predicted octanol–water partition coefficient (Wildman–Crippen LogP) is -0.199. The molecule has 23 heavy (non-hydrogen) atoms. The molecule has 0 radical (unpaired) electrons. The van der Waals surface area contributed by atoms with Gasteiger partial charge in [0, 0.05) is 12.1 Å². The average molecular weight is 337 g/mol. The van der Waals surface area contributed by atoms with Crippen LogP contribution in [-0.2, 0) is 19.6 Å². The van der Waals surface area contributed by atoms with Crippen LogP contribution in [0, 0.1) is 0 Å². The molecule has 2 N–H and O–H groups in total. The number of benzene rings is 1. The number of carbonyl (C=O) groups is 2. The van der Waals surface area contributed by atoms with Crippen LogP contribution >= 0.6 is 0 Å². The Morgan fingerprint density at radius 1 is 1.35 bits per heavy atom. The van der Waals surface area contributed by atoms with Crippen molar-refractivity contribution in [2.45, 2.75) is 23.8 Å². The largest absolute Gasteiger partial charge is 0.480 e. The second-order valence-electron chi connectivity index (χ2n) is 5.35. The zero-order chi connectivity index (χ0) is 16.6. The van der Waals surface area contributed by atoms with Crippen LogP contribution in [0.2, 0.25) is 0 Å². The number of rotatable bonds is 3. The van der Waals surface area contributed by atoms with E-state index in [1.165, 1.54) is 11.0 Å². The molecule has 0 spiro atoms. The lowest BCUT2D eigenvalue weighted by atomic mass is 10.2. The molecule has 1 aromatic carbocycles. The highest BCUT2D eigenvalue weighted by molar-refractivity contribution is 7.90. The molecule has 9 heteroatoms. The molecule has 2 heterocycles. The van der Waals surface area contributed by atoms with Crippen LogP contribution in [-0.4, -0.2) is 55.3 Å². The van der Waals surface area contributed by atoms with Crippen LogP contribution in [0.1, 0.15) is 18.4 Å². The van der Waals surface area contributed by atoms with Gasteiger partial charge in [-0.3, -0.25) is 14.5 Å². The fourth-order valence-corrected chi connectivity index (χ4v) is 4.06. The topological polar surface area (TPSA) is 116 Å². The number of aliphatic carboxylic acids is 1. The standard InChI is InChI=1S/C14H15N3O5S/c18-12(17-7-3-5-10(17)14(19)20)8-15-13-9-4-1-2-6-11(9)23(21,22)16-13/h1-2,4,6,10H,3,5,7-8H2,(H,15,16)(H,19,20)/t10-/m1/s1. The van der Waals surface area contributed by atoms with Crippen molar-refractivity contribution in [1.82, 2.24) is 9.62 Å². The monoisotopic (exact) mass is 337 g/mol. The summed E-state index contributed by atoms with van der Waals surface area (Å²) >= 11 is 0. The third-order valence-corrected chi connectivity index (χ3v) is 5.29. The molecule has 1 fully saturated rings. The summed E-state index contributed by atoms with van der Waals surface area (Å²) in [6.45, 7) is 0.0823. The van der Waals surface area contributed by atoms with Crippen molar-refractivity contribution in [1.29, 1.82) is 0 Å². The Balaban J connectivity index is 1.79. The molecule has 3 rings (SSSR count). The third-order valence-electron chi connectivity index (χ3n) is 3.89. The summed E-state index contributed by atoms with van der Waals surface area (Å²) in [4.78, 5) is 28.7. The van der Waals surface area contributed by atoms with Crippen molar-refractivity contribution < 1.29 is 23.1 Å². The Bertz CT molecular complexity index is 802. The molecule has 0 aliphatic carbocycles. The number of carboxylic acid groups (broad SMARTS) is 1. The summed E-state index contributed by atoms with van der Waals surface area (Å²) < 4.78 is 26.2. The van der Waals surface area contributed by atoms with E-state index in [4.69, 9.17) is 5.11 Å². The quantitative estimate of drug-likeness (QED) is 0.792. The second kappa shape index (κ2) is 5.65. The van der Waals surface area contributed by atoms with Gasteiger partial charge in [-0.1, -0.05) is 12.1 Å². The first kappa shape index (κ1) is 15.5. The number of amides is 1. The Morgan fingerprint density at radius 2 is 2.09 bits per heavy atom. The fraction of sp³-hybridized carbons (Fsp3) is 0.357. The van der Waals surface area contributed by atoms with Gasteiger partial charge in [-0.15, -0.1) is 0 Å². The van der Waals surface area contributed by atoms with Gasteiger partial charge in [0.25, 0.3) is 10.0 Å². The van der Waals surface area contributed by atoms with E-state index in [0.717, 1.165) is 0 Å². The number of hydrogen-bond acceptors (Lipinski definition) is 5. The number of fused-ring (bicyclic) bond motifs is 1. The third kappa shape index (κ3) is 2.79. The summed E-state index contributed by atoms with van der Waals surface area (Å²) in [5.74, 6) is -1.35. The van der Waals surface area contributed by atoms with Crippen molar-refractivity contribution in [2.75, 3.05) is 13.1 Å². The van der Waals surface area contributed by atoms with Gasteiger partial charge in [-0.25, -0.2) is 13.2 Å². The molecule has 2 aliphatic heterocycles. The first-order valence-electron chi connectivity index (χ1n) is 7.09. The number of nitrogens with zero attached hydrogens (tertiary/aromatic N) is 2. The van der Waals surface area contributed by atoms with E-state index in [-0.39, 0.29) is 17.3 Å². The van der Waals surface area contributed by atoms with Crippen molar-refractivity contribution in [3.05, 3.63) is 29.8 Å². The minimum Gasteiger partial charge on any atom is -0.480 e. The van der Waals surface area contributed by atoms with Crippen molar-refractivity contribution in [3.63, 3.8) is 0 Å². The smallest absolute Gasteiger partial charge is 0.326 e. The van der Waals surface area contributed by atoms with Gasteiger partial charge in [0.2, 0.25) is 5.91 Å². The predicted molar refractivity (Wildman–Crippen MR) is 80.5 cm³/mol. The van der Waals surface area contributed by atoms with E-state index in [1.54, 1.807) is 18.2 Å². The first-order chi connectivity index (χ1) is 10.9. The van der Waals surface area contributed by atoms with Gasteiger partial charge in [-0.05, 0) is 25.0 Å². The van der Waals surface area contributed by atoms with Crippen LogP contribution in [0.4, 0.5) is 0 Å². The molecule has 1 amide bonds. The van der Waals surface area contributed by atoms with Crippen LogP contribution < -0.4 is 4.72 Å². The fourth-order valence-electron chi connectivity index (χ4n) is 2.81. The highest BCUT2D eigenvalue weighted by Crippen LogP contribution is 2.22. The molecule has 0 unspecified atom stereocenters. The first-order valence-corrected chi connectivity index (χ1v) is 8.57. The summed E-state index contributed by atoms with van der Waals surface area (Å²) in [6, 6.07) is 5.53. The zero-order valence-electron chi connectivity index (χ0n) is 12.1. The van der Waals surface area contributed by atoms with Gasteiger partial charge in [0.15, 0.2) is 0 Å². The maximum Gasteiger partial charge on any atom is 0.326 e. The molecular weight excluding hydrogens is 322 g/mol. The number of hydrogen-bond donors (Lipinski definition) is 2. The van der Waals surface area contributed by atoms with Crippen LogP contribution in [0.5, 0.6) is 0 Å². The molecule has 0 bridgehead atoms. The molecule has 2 aliphatic rings. The summed E-state index contributed by atoms with van der Waals surface area (Å²) in [5.41, 5.74) is 0.413. The van der Waals surface area contributed by atoms with Crippen molar-refractivity contribution >= 4 is 27.7 Å². The number of sulfonamides is 1. The zero-order valence-corrected chi connectivity index (χ0v) is 12.9. The number of carbonyl (C=O) groups excluding carboxylic acids is 1. The molecule has 1 aromatic rings. The van der Waals surface area contributed by atoms with E-state index in [9.17, 15) is 18.0 Å². The minimum atomic E-state index is -3.65. The highest BCUT2D eigenvalue weighted by atomic mass is 32.2. The maximum absolute atomic E-state index is 12.2. The Morgan fingerprint density at radius 3 is 2.83 bits per heavy atom. The number of carboxylic acids is 1. The summed E-state index contributed by atoms with van der Waals surface area (Å²) in [5, 5.41) is 9.09. The van der Waals surface area contributed by atoms with Crippen molar-refractivity contribution in [2.24, 2.45) is 4.99 Å². The maximum atomic E-state index is 12.2. The van der Waals surface area contributed by atoms with Crippen molar-refractivity contribution in [3.8, 4) is 0 Å². The molecule has 8 nitrogen and oxygen atoms in total. The lowest BCUT2D eigenvalue weighted by molar-refractivity contribution is -0.147. The Hall–Kier alpha value is -2.42. The van der Waals surface area contributed by atoms with Gasteiger partial charge in [0.05, 0.1) is 4.90 Å². The van der Waals surface area contributed by atoms with Gasteiger partial charge in [0.1, 0.15) is 18.4 Å².